The predicted octanol–water partition coefficient (Wildman–Crippen LogP) is 5.11. The van der Waals surface area contributed by atoms with Gasteiger partial charge in [-0.3, -0.25) is 0 Å². The number of hydrogen-bond donors (Lipinski definition) is 0. The number of halogens is 3. The fraction of sp³-hybridized carbons (Fsp3) is 0.0588. The molecule has 0 N–H and O–H groups in total. The fourth-order valence-corrected chi connectivity index (χ4v) is 2.80. The third-order valence-electron chi connectivity index (χ3n) is 3.27. The molecule has 3 rings (SSSR count). The maximum Gasteiger partial charge on any atom is 0.363 e. The van der Waals surface area contributed by atoms with Crippen LogP contribution < -0.4 is 4.74 Å². The molecule has 0 aliphatic carbocycles. The molecule has 0 fully saturated rings. The van der Waals surface area contributed by atoms with E-state index in [1.807, 2.05) is 12.1 Å². The number of rotatable bonds is 3. The molecule has 0 bridgehead atoms. The second kappa shape index (κ2) is 6.97. The van der Waals surface area contributed by atoms with Crippen LogP contribution in [0.4, 0.5) is 0 Å². The van der Waals surface area contributed by atoms with Gasteiger partial charge in [-0.1, -0.05) is 39.1 Å². The van der Waals surface area contributed by atoms with Gasteiger partial charge in [-0.25, -0.2) is 9.79 Å². The number of carbonyl (C=O) groups excluding carboxylic acids is 1. The van der Waals surface area contributed by atoms with Crippen LogP contribution in [-0.2, 0) is 9.53 Å². The predicted molar refractivity (Wildman–Crippen MR) is 97.8 cm³/mol. The van der Waals surface area contributed by atoms with Crippen LogP contribution in [0, 0.1) is 0 Å². The van der Waals surface area contributed by atoms with E-state index in [4.69, 9.17) is 32.7 Å². The average Bonchev–Trinajstić information content (AvgIpc) is 2.91. The standard InChI is InChI=1S/C17H10BrCl2NO3/c1-23-15-5-3-11(18)6-10(15)8-14-17(22)24-16(21-14)9-2-4-12(19)13(20)7-9/h2-8H,1H3/b14-8-. The normalized spacial score (nSPS) is 15.4. The van der Waals surface area contributed by atoms with Crippen LogP contribution >= 0.6 is 39.1 Å². The highest BCUT2D eigenvalue weighted by molar-refractivity contribution is 9.10. The van der Waals surface area contributed by atoms with Crippen molar-refractivity contribution in [2.75, 3.05) is 7.11 Å². The highest BCUT2D eigenvalue weighted by atomic mass is 79.9. The molecule has 2 aromatic carbocycles. The first-order chi connectivity index (χ1) is 11.5. The Balaban J connectivity index is 2.00. The van der Waals surface area contributed by atoms with Crippen molar-refractivity contribution >= 4 is 57.1 Å². The van der Waals surface area contributed by atoms with Crippen molar-refractivity contribution in [2.24, 2.45) is 4.99 Å². The van der Waals surface area contributed by atoms with Crippen molar-refractivity contribution in [2.45, 2.75) is 0 Å². The van der Waals surface area contributed by atoms with E-state index < -0.39 is 5.97 Å². The van der Waals surface area contributed by atoms with E-state index in [1.165, 1.54) is 0 Å². The van der Waals surface area contributed by atoms with Gasteiger partial charge in [-0.15, -0.1) is 0 Å². The lowest BCUT2D eigenvalue weighted by molar-refractivity contribution is -0.129. The second-order valence-corrected chi connectivity index (χ2v) is 6.58. The summed E-state index contributed by atoms with van der Waals surface area (Å²) in [6, 6.07) is 10.4. The third kappa shape index (κ3) is 3.48. The van der Waals surface area contributed by atoms with Gasteiger partial charge in [0.1, 0.15) is 5.75 Å². The third-order valence-corrected chi connectivity index (χ3v) is 4.50. The Morgan fingerprint density at radius 2 is 1.96 bits per heavy atom. The Labute approximate surface area is 156 Å². The van der Waals surface area contributed by atoms with Gasteiger partial charge in [-0.05, 0) is 42.5 Å². The quantitative estimate of drug-likeness (QED) is 0.506. The Bertz CT molecular complexity index is 893. The molecule has 2 aromatic rings. The van der Waals surface area contributed by atoms with Gasteiger partial charge in [0.05, 0.1) is 17.2 Å². The van der Waals surface area contributed by atoms with Gasteiger partial charge in [0.15, 0.2) is 5.70 Å². The van der Waals surface area contributed by atoms with Crippen LogP contribution in [0.3, 0.4) is 0 Å². The summed E-state index contributed by atoms with van der Waals surface area (Å²) in [5.41, 5.74) is 1.45. The lowest BCUT2D eigenvalue weighted by Crippen LogP contribution is -2.05. The molecular weight excluding hydrogens is 417 g/mol. The lowest BCUT2D eigenvalue weighted by Gasteiger charge is -2.04. The van der Waals surface area contributed by atoms with Gasteiger partial charge in [0.2, 0.25) is 5.90 Å². The Morgan fingerprint density at radius 3 is 2.67 bits per heavy atom. The monoisotopic (exact) mass is 425 g/mol. The molecule has 0 saturated heterocycles. The molecular formula is C17H10BrCl2NO3. The lowest BCUT2D eigenvalue weighted by atomic mass is 10.1. The highest BCUT2D eigenvalue weighted by Gasteiger charge is 2.25. The van der Waals surface area contributed by atoms with Crippen molar-refractivity contribution in [3.05, 3.63) is 67.7 Å². The summed E-state index contributed by atoms with van der Waals surface area (Å²) in [4.78, 5) is 16.3. The van der Waals surface area contributed by atoms with E-state index in [9.17, 15) is 4.79 Å². The van der Waals surface area contributed by atoms with Gasteiger partial charge in [0.25, 0.3) is 0 Å². The van der Waals surface area contributed by atoms with E-state index in [0.29, 0.717) is 26.9 Å². The molecule has 0 spiro atoms. The molecule has 0 amide bonds. The van der Waals surface area contributed by atoms with E-state index >= 15 is 0 Å². The number of cyclic esters (lactones) is 1. The van der Waals surface area contributed by atoms with Crippen molar-refractivity contribution in [1.82, 2.24) is 0 Å². The fourth-order valence-electron chi connectivity index (χ4n) is 2.13. The van der Waals surface area contributed by atoms with Crippen LogP contribution in [0.2, 0.25) is 10.0 Å². The van der Waals surface area contributed by atoms with Crippen LogP contribution in [0.5, 0.6) is 5.75 Å². The molecule has 0 radical (unpaired) electrons. The average molecular weight is 427 g/mol. The minimum absolute atomic E-state index is 0.174. The van der Waals surface area contributed by atoms with E-state index in [2.05, 4.69) is 20.9 Å². The summed E-state index contributed by atoms with van der Waals surface area (Å²) in [6.45, 7) is 0. The molecule has 4 nitrogen and oxygen atoms in total. The first-order valence-electron chi connectivity index (χ1n) is 6.79. The van der Waals surface area contributed by atoms with Crippen molar-refractivity contribution in [1.29, 1.82) is 0 Å². The van der Waals surface area contributed by atoms with Crippen LogP contribution in [-0.4, -0.2) is 19.0 Å². The molecule has 0 unspecified atom stereocenters. The van der Waals surface area contributed by atoms with Crippen LogP contribution in [0.1, 0.15) is 11.1 Å². The molecule has 1 aliphatic heterocycles. The smallest absolute Gasteiger partial charge is 0.363 e. The SMILES string of the molecule is COc1ccc(Br)cc1/C=C1\N=C(c2ccc(Cl)c(Cl)c2)OC1=O. The first-order valence-corrected chi connectivity index (χ1v) is 8.34. The largest absolute Gasteiger partial charge is 0.496 e. The molecule has 1 heterocycles. The topological polar surface area (TPSA) is 47.9 Å². The molecule has 7 heteroatoms. The first kappa shape index (κ1) is 17.0. The van der Waals surface area contributed by atoms with Crippen LogP contribution in [0.15, 0.2) is 51.6 Å². The molecule has 1 aliphatic rings. The van der Waals surface area contributed by atoms with E-state index in [0.717, 1.165) is 4.47 Å². The van der Waals surface area contributed by atoms with Crippen molar-refractivity contribution < 1.29 is 14.3 Å². The molecule has 24 heavy (non-hydrogen) atoms. The van der Waals surface area contributed by atoms with Gasteiger partial charge >= 0.3 is 5.97 Å². The Kier molecular flexibility index (Phi) is 4.94. The van der Waals surface area contributed by atoms with Crippen LogP contribution in [0.25, 0.3) is 6.08 Å². The minimum atomic E-state index is -0.543. The molecule has 0 saturated carbocycles. The highest BCUT2D eigenvalue weighted by Crippen LogP contribution is 2.29. The number of hydrogen-bond acceptors (Lipinski definition) is 4. The van der Waals surface area contributed by atoms with Gasteiger partial charge < -0.3 is 9.47 Å². The number of benzene rings is 2. The summed E-state index contributed by atoms with van der Waals surface area (Å²) in [7, 11) is 1.56. The number of aliphatic imine (C=N–C) groups is 1. The van der Waals surface area contributed by atoms with E-state index in [1.54, 1.807) is 37.5 Å². The zero-order valence-electron chi connectivity index (χ0n) is 12.3. The Hall–Kier alpha value is -1.82. The zero-order valence-corrected chi connectivity index (χ0v) is 15.4. The van der Waals surface area contributed by atoms with Gasteiger partial charge in [-0.2, -0.15) is 0 Å². The number of esters is 1. The summed E-state index contributed by atoms with van der Waals surface area (Å²) in [6.07, 6.45) is 1.61. The second-order valence-electron chi connectivity index (χ2n) is 4.85. The maximum absolute atomic E-state index is 12.1. The Morgan fingerprint density at radius 1 is 1.17 bits per heavy atom. The molecule has 0 aromatic heterocycles. The van der Waals surface area contributed by atoms with Crippen molar-refractivity contribution in [3.63, 3.8) is 0 Å². The molecule has 122 valence electrons. The summed E-state index contributed by atoms with van der Waals surface area (Å²) in [5.74, 6) is 0.258. The minimum Gasteiger partial charge on any atom is -0.496 e. The summed E-state index contributed by atoms with van der Waals surface area (Å²) >= 11 is 15.3. The number of carbonyl (C=O) groups is 1. The zero-order chi connectivity index (χ0) is 17.3. The van der Waals surface area contributed by atoms with Gasteiger partial charge in [0, 0.05) is 15.6 Å². The molecule has 0 atom stereocenters. The number of nitrogens with zero attached hydrogens (tertiary/aromatic N) is 1. The summed E-state index contributed by atoms with van der Waals surface area (Å²) in [5, 5.41) is 0.777. The number of ether oxygens (including phenoxy) is 2. The summed E-state index contributed by atoms with van der Waals surface area (Å²) < 4.78 is 11.4. The number of methoxy groups -OCH3 is 1. The van der Waals surface area contributed by atoms with Crippen molar-refractivity contribution in [3.8, 4) is 5.75 Å². The van der Waals surface area contributed by atoms with E-state index in [-0.39, 0.29) is 11.6 Å². The maximum atomic E-state index is 12.1.